The van der Waals surface area contributed by atoms with Gasteiger partial charge in [-0.15, -0.1) is 0 Å². The van der Waals surface area contributed by atoms with Crippen molar-refractivity contribution in [3.05, 3.63) is 81.8 Å². The van der Waals surface area contributed by atoms with Crippen molar-refractivity contribution in [3.8, 4) is 0 Å². The minimum Gasteiger partial charge on any atom is -0.481 e. The number of carbonyl (C=O) groups is 5. The lowest BCUT2D eigenvalue weighted by atomic mass is 9.56. The number of esters is 2. The zero-order chi connectivity index (χ0) is 30.7. The molecule has 1 fully saturated rings. The molecule has 1 aliphatic carbocycles. The Hall–Kier alpha value is -4.15. The van der Waals surface area contributed by atoms with Gasteiger partial charge in [-0.25, -0.2) is 4.79 Å². The highest BCUT2D eigenvalue weighted by Crippen LogP contribution is 2.47. The Kier molecular flexibility index (Phi) is 9.38. The lowest BCUT2D eigenvalue weighted by Gasteiger charge is -2.45. The molecule has 0 heterocycles. The molecule has 3 aromatic carbocycles. The third-order valence-corrected chi connectivity index (χ3v) is 8.23. The summed E-state index contributed by atoms with van der Waals surface area (Å²) in [6.07, 6.45) is -0.900. The standard InChI is InChI=1S/C30H27Cl2NO9/c1-14(33-26(34)22-23(27(35)36)24(28(37)38)25(22)30(40)41-2)21(12-15-7-10-19(31)20(32)11-15)42-29(39)18-9-8-16-5-3-4-6-17(16)13-18/h3-11,13-14,21-25H,12H2,1-2H3,(H,33,34)(H,35,36)(H,37,38)/t14-,21+,22+,23-,24+,25+/m0/s1. The maximum absolute atomic E-state index is 13.4. The molecular weight excluding hydrogens is 589 g/mol. The predicted molar refractivity (Wildman–Crippen MR) is 152 cm³/mol. The molecule has 1 aliphatic rings. The summed E-state index contributed by atoms with van der Waals surface area (Å²) in [4.78, 5) is 62.6. The molecule has 10 nitrogen and oxygen atoms in total. The molecule has 1 saturated carbocycles. The average Bonchev–Trinajstić information content (AvgIpc) is 2.93. The van der Waals surface area contributed by atoms with Crippen LogP contribution in [0.25, 0.3) is 10.8 Å². The van der Waals surface area contributed by atoms with E-state index in [2.05, 4.69) is 10.1 Å². The Bertz CT molecular complexity index is 1560. The van der Waals surface area contributed by atoms with Crippen LogP contribution in [-0.4, -0.2) is 59.3 Å². The number of methoxy groups -OCH3 is 1. The molecule has 0 aromatic heterocycles. The summed E-state index contributed by atoms with van der Waals surface area (Å²) < 4.78 is 10.5. The second kappa shape index (κ2) is 12.8. The van der Waals surface area contributed by atoms with E-state index in [-0.39, 0.29) is 17.0 Å². The zero-order valence-electron chi connectivity index (χ0n) is 22.5. The largest absolute Gasteiger partial charge is 0.481 e. The molecule has 3 aromatic rings. The summed E-state index contributed by atoms with van der Waals surface area (Å²) in [6, 6.07) is 16.5. The molecule has 3 N–H and O–H groups in total. The van der Waals surface area contributed by atoms with Gasteiger partial charge in [0, 0.05) is 6.42 Å². The van der Waals surface area contributed by atoms with Gasteiger partial charge in [0.2, 0.25) is 5.91 Å². The van der Waals surface area contributed by atoms with Gasteiger partial charge < -0.3 is 25.0 Å². The van der Waals surface area contributed by atoms with E-state index in [1.807, 2.05) is 24.3 Å². The molecular formula is C30H27Cl2NO9. The van der Waals surface area contributed by atoms with Gasteiger partial charge in [-0.2, -0.15) is 0 Å². The molecule has 1 amide bonds. The van der Waals surface area contributed by atoms with E-state index >= 15 is 0 Å². The number of carbonyl (C=O) groups excluding carboxylic acids is 3. The number of rotatable bonds is 10. The Labute approximate surface area is 250 Å². The quantitative estimate of drug-likeness (QED) is 0.284. The molecule has 0 bridgehead atoms. The first-order valence-electron chi connectivity index (χ1n) is 12.9. The monoisotopic (exact) mass is 615 g/mol. The fourth-order valence-electron chi connectivity index (χ4n) is 5.27. The Morgan fingerprint density at radius 3 is 2.10 bits per heavy atom. The predicted octanol–water partition coefficient (Wildman–Crippen LogP) is 4.24. The molecule has 0 unspecified atom stereocenters. The second-order valence-electron chi connectivity index (χ2n) is 10.1. The Morgan fingerprint density at radius 2 is 1.48 bits per heavy atom. The lowest BCUT2D eigenvalue weighted by Crippen LogP contribution is -2.63. The minimum absolute atomic E-state index is 0.0862. The number of carboxylic acid groups (broad SMARTS) is 2. The normalized spacial score (nSPS) is 21.0. The van der Waals surface area contributed by atoms with Crippen molar-refractivity contribution in [2.24, 2.45) is 23.7 Å². The number of ether oxygens (including phenoxy) is 2. The highest BCUT2D eigenvalue weighted by atomic mass is 35.5. The average molecular weight is 616 g/mol. The molecule has 12 heteroatoms. The number of amides is 1. The molecule has 0 saturated heterocycles. The van der Waals surface area contributed by atoms with Crippen LogP contribution in [0.3, 0.4) is 0 Å². The van der Waals surface area contributed by atoms with Crippen LogP contribution in [0.4, 0.5) is 0 Å². The van der Waals surface area contributed by atoms with Crippen molar-refractivity contribution in [2.75, 3.05) is 7.11 Å². The summed E-state index contributed by atoms with van der Waals surface area (Å²) in [5, 5.41) is 24.2. The second-order valence-corrected chi connectivity index (χ2v) is 10.9. The lowest BCUT2D eigenvalue weighted by molar-refractivity contribution is -0.188. The zero-order valence-corrected chi connectivity index (χ0v) is 24.0. The fraction of sp³-hybridized carbons (Fsp3) is 0.300. The third kappa shape index (κ3) is 6.34. The molecule has 4 rings (SSSR count). The van der Waals surface area contributed by atoms with Gasteiger partial charge in [0.1, 0.15) is 6.10 Å². The van der Waals surface area contributed by atoms with Crippen molar-refractivity contribution in [3.63, 3.8) is 0 Å². The molecule has 0 aliphatic heterocycles. The van der Waals surface area contributed by atoms with Crippen LogP contribution in [-0.2, 0) is 35.1 Å². The third-order valence-electron chi connectivity index (χ3n) is 7.49. The van der Waals surface area contributed by atoms with E-state index in [1.54, 1.807) is 43.3 Å². The van der Waals surface area contributed by atoms with Gasteiger partial charge in [0.05, 0.1) is 52.4 Å². The summed E-state index contributed by atoms with van der Waals surface area (Å²) in [6.45, 7) is 1.55. The molecule has 220 valence electrons. The van der Waals surface area contributed by atoms with Crippen LogP contribution in [0.2, 0.25) is 10.0 Å². The molecule has 0 radical (unpaired) electrons. The number of fused-ring (bicyclic) bond motifs is 1. The van der Waals surface area contributed by atoms with E-state index in [4.69, 9.17) is 27.9 Å². The van der Waals surface area contributed by atoms with Crippen molar-refractivity contribution in [1.29, 1.82) is 0 Å². The van der Waals surface area contributed by atoms with Gasteiger partial charge in [-0.3, -0.25) is 19.2 Å². The first-order valence-corrected chi connectivity index (χ1v) is 13.7. The number of benzene rings is 3. The van der Waals surface area contributed by atoms with Crippen molar-refractivity contribution in [2.45, 2.75) is 25.5 Å². The highest BCUT2D eigenvalue weighted by Gasteiger charge is 2.64. The van der Waals surface area contributed by atoms with E-state index < -0.39 is 65.6 Å². The van der Waals surface area contributed by atoms with Crippen LogP contribution >= 0.6 is 23.2 Å². The topological polar surface area (TPSA) is 156 Å². The molecule has 42 heavy (non-hydrogen) atoms. The number of aliphatic carboxylic acids is 2. The number of hydrogen-bond acceptors (Lipinski definition) is 7. The number of nitrogens with one attached hydrogen (secondary N) is 1. The van der Waals surface area contributed by atoms with E-state index in [1.165, 1.54) is 0 Å². The van der Waals surface area contributed by atoms with Crippen LogP contribution < -0.4 is 5.32 Å². The maximum atomic E-state index is 13.4. The molecule has 6 atom stereocenters. The summed E-state index contributed by atoms with van der Waals surface area (Å²) >= 11 is 12.2. The Balaban J connectivity index is 1.60. The first kappa shape index (κ1) is 30.8. The van der Waals surface area contributed by atoms with Gasteiger partial charge in [0.25, 0.3) is 0 Å². The van der Waals surface area contributed by atoms with Crippen LogP contribution in [0.5, 0.6) is 0 Å². The fourth-order valence-corrected chi connectivity index (χ4v) is 5.59. The van der Waals surface area contributed by atoms with Gasteiger partial charge in [-0.05, 0) is 47.5 Å². The molecule has 0 spiro atoms. The van der Waals surface area contributed by atoms with E-state index in [0.717, 1.165) is 17.9 Å². The maximum Gasteiger partial charge on any atom is 0.338 e. The van der Waals surface area contributed by atoms with Gasteiger partial charge >= 0.3 is 23.9 Å². The van der Waals surface area contributed by atoms with E-state index in [0.29, 0.717) is 10.6 Å². The van der Waals surface area contributed by atoms with E-state index in [9.17, 15) is 34.2 Å². The Morgan fingerprint density at radius 1 is 0.833 bits per heavy atom. The minimum atomic E-state index is -1.66. The van der Waals surface area contributed by atoms with Gasteiger partial charge in [0.15, 0.2) is 0 Å². The SMILES string of the molecule is COC(=O)[C@H]1[C@H](C(=O)O)[C@@H](C(=O)O)[C@H]1C(=O)N[C@@H](C)[C@@H](Cc1ccc(Cl)c(Cl)c1)OC(=O)c1ccc2ccccc2c1. The van der Waals surface area contributed by atoms with Crippen LogP contribution in [0, 0.1) is 23.7 Å². The summed E-state index contributed by atoms with van der Waals surface area (Å²) in [5.41, 5.74) is 0.901. The van der Waals surface area contributed by atoms with Crippen LogP contribution in [0.15, 0.2) is 60.7 Å². The first-order chi connectivity index (χ1) is 19.9. The van der Waals surface area contributed by atoms with Crippen molar-refractivity contribution < 1.29 is 43.7 Å². The highest BCUT2D eigenvalue weighted by molar-refractivity contribution is 6.42. The number of hydrogen-bond donors (Lipinski definition) is 3. The van der Waals surface area contributed by atoms with Crippen molar-refractivity contribution >= 4 is 63.8 Å². The van der Waals surface area contributed by atoms with Gasteiger partial charge in [-0.1, -0.05) is 59.6 Å². The smallest absolute Gasteiger partial charge is 0.338 e. The van der Waals surface area contributed by atoms with Crippen LogP contribution in [0.1, 0.15) is 22.8 Å². The number of carboxylic acids is 2. The number of halogens is 2. The summed E-state index contributed by atoms with van der Waals surface area (Å²) in [5.74, 6) is -12.0. The summed E-state index contributed by atoms with van der Waals surface area (Å²) in [7, 11) is 1.02. The van der Waals surface area contributed by atoms with Crippen molar-refractivity contribution in [1.82, 2.24) is 5.32 Å².